The first-order valence-corrected chi connectivity index (χ1v) is 11.9. The van der Waals surface area contributed by atoms with Crippen molar-refractivity contribution in [3.05, 3.63) is 101 Å². The summed E-state index contributed by atoms with van der Waals surface area (Å²) in [7, 11) is 1.68. The second-order valence-electron chi connectivity index (χ2n) is 7.93. The van der Waals surface area contributed by atoms with Crippen molar-refractivity contribution in [3.8, 4) is 11.5 Å². The Kier molecular flexibility index (Phi) is 4.84. The van der Waals surface area contributed by atoms with Crippen LogP contribution in [0, 0.1) is 0 Å². The van der Waals surface area contributed by atoms with Crippen molar-refractivity contribution >= 4 is 23.4 Å². The van der Waals surface area contributed by atoms with E-state index in [2.05, 4.69) is 64.1 Å². The molecule has 2 aliphatic heterocycles. The van der Waals surface area contributed by atoms with Gasteiger partial charge in [-0.2, -0.15) is 10.1 Å². The standard InChI is InChI=1S/C26H22N4O2S/c1-31-18-7-5-6-17(14-18)24-22-23(29-26-27-15-28-30(24)26)20-8-3-4-9-21(20)32-25(22)16-10-12-19(33-2)13-11-16/h3-15,24-25H,1-2H3,(H,27,28,29)/t24-,25+/m0/s1. The lowest BCUT2D eigenvalue weighted by molar-refractivity contribution is 0.223. The third-order valence-electron chi connectivity index (χ3n) is 6.15. The molecule has 0 radical (unpaired) electrons. The molecule has 0 spiro atoms. The number of ether oxygens (including phenoxy) is 2. The third kappa shape index (κ3) is 3.27. The van der Waals surface area contributed by atoms with Crippen molar-refractivity contribution in [2.75, 3.05) is 18.7 Å². The highest BCUT2D eigenvalue weighted by atomic mass is 32.2. The third-order valence-corrected chi connectivity index (χ3v) is 6.89. The van der Waals surface area contributed by atoms with Gasteiger partial charge < -0.3 is 14.8 Å². The molecule has 0 bridgehead atoms. The van der Waals surface area contributed by atoms with Crippen LogP contribution in [0.2, 0.25) is 0 Å². The molecule has 0 unspecified atom stereocenters. The van der Waals surface area contributed by atoms with E-state index in [4.69, 9.17) is 9.47 Å². The number of para-hydroxylation sites is 1. The van der Waals surface area contributed by atoms with Crippen molar-refractivity contribution in [1.29, 1.82) is 0 Å². The summed E-state index contributed by atoms with van der Waals surface area (Å²) in [4.78, 5) is 5.71. The van der Waals surface area contributed by atoms with E-state index in [1.807, 2.05) is 35.0 Å². The molecule has 0 aliphatic carbocycles. The quantitative estimate of drug-likeness (QED) is 0.407. The monoisotopic (exact) mass is 454 g/mol. The first-order chi connectivity index (χ1) is 16.3. The lowest BCUT2D eigenvalue weighted by Crippen LogP contribution is -2.32. The van der Waals surface area contributed by atoms with E-state index in [9.17, 15) is 0 Å². The molecule has 0 saturated heterocycles. The van der Waals surface area contributed by atoms with Crippen LogP contribution in [-0.2, 0) is 0 Å². The van der Waals surface area contributed by atoms with Gasteiger partial charge in [-0.25, -0.2) is 4.68 Å². The van der Waals surface area contributed by atoms with Gasteiger partial charge >= 0.3 is 0 Å². The predicted molar refractivity (Wildman–Crippen MR) is 130 cm³/mol. The molecule has 33 heavy (non-hydrogen) atoms. The lowest BCUT2D eigenvalue weighted by atomic mass is 9.84. The highest BCUT2D eigenvalue weighted by Crippen LogP contribution is 2.50. The van der Waals surface area contributed by atoms with Crippen LogP contribution in [0.15, 0.2) is 89.6 Å². The topological polar surface area (TPSA) is 61.2 Å². The summed E-state index contributed by atoms with van der Waals surface area (Å²) >= 11 is 1.73. The van der Waals surface area contributed by atoms with E-state index >= 15 is 0 Å². The second kappa shape index (κ2) is 8.01. The van der Waals surface area contributed by atoms with Gasteiger partial charge in [0.05, 0.1) is 12.8 Å². The highest BCUT2D eigenvalue weighted by molar-refractivity contribution is 7.98. The number of nitrogens with zero attached hydrogens (tertiary/aromatic N) is 3. The van der Waals surface area contributed by atoms with Gasteiger partial charge in [0.2, 0.25) is 5.95 Å². The van der Waals surface area contributed by atoms with E-state index < -0.39 is 0 Å². The number of hydrogen-bond donors (Lipinski definition) is 1. The van der Waals surface area contributed by atoms with Crippen LogP contribution >= 0.6 is 11.8 Å². The first-order valence-electron chi connectivity index (χ1n) is 10.7. The molecule has 0 saturated carbocycles. The van der Waals surface area contributed by atoms with E-state index in [0.29, 0.717) is 5.95 Å². The smallest absolute Gasteiger partial charge is 0.226 e. The Hall–Kier alpha value is -3.71. The fourth-order valence-electron chi connectivity index (χ4n) is 4.60. The van der Waals surface area contributed by atoms with E-state index in [1.165, 1.54) is 4.90 Å². The van der Waals surface area contributed by atoms with Gasteiger partial charge in [0.25, 0.3) is 0 Å². The van der Waals surface area contributed by atoms with Gasteiger partial charge in [-0.05, 0) is 53.8 Å². The van der Waals surface area contributed by atoms with Gasteiger partial charge in [-0.3, -0.25) is 0 Å². The van der Waals surface area contributed by atoms with Crippen LogP contribution in [0.25, 0.3) is 5.70 Å². The van der Waals surface area contributed by atoms with Crippen molar-refractivity contribution in [2.24, 2.45) is 0 Å². The van der Waals surface area contributed by atoms with Gasteiger partial charge in [-0.1, -0.05) is 36.4 Å². The fourth-order valence-corrected chi connectivity index (χ4v) is 5.01. The maximum Gasteiger partial charge on any atom is 0.226 e. The number of thioether (sulfide) groups is 1. The van der Waals surface area contributed by atoms with E-state index in [1.54, 1.807) is 25.2 Å². The van der Waals surface area contributed by atoms with Crippen molar-refractivity contribution in [2.45, 2.75) is 17.0 Å². The van der Waals surface area contributed by atoms with Gasteiger partial charge in [0, 0.05) is 16.0 Å². The molecule has 1 N–H and O–H groups in total. The Morgan fingerprint density at radius 2 is 1.85 bits per heavy atom. The number of hydrogen-bond acceptors (Lipinski definition) is 6. The van der Waals surface area contributed by atoms with Crippen LogP contribution in [0.5, 0.6) is 11.5 Å². The Labute approximate surface area is 196 Å². The molecule has 6 nitrogen and oxygen atoms in total. The summed E-state index contributed by atoms with van der Waals surface area (Å²) in [6.45, 7) is 0. The molecule has 0 amide bonds. The van der Waals surface area contributed by atoms with E-state index in [0.717, 1.165) is 39.5 Å². The average molecular weight is 455 g/mol. The molecule has 3 aromatic carbocycles. The molecule has 2 aliphatic rings. The Morgan fingerprint density at radius 3 is 2.67 bits per heavy atom. The largest absolute Gasteiger partial charge is 0.497 e. The summed E-state index contributed by atoms with van der Waals surface area (Å²) in [5, 5.41) is 8.12. The maximum atomic E-state index is 6.66. The molecule has 7 heteroatoms. The molecule has 6 rings (SSSR count). The average Bonchev–Trinajstić information content (AvgIpc) is 3.35. The minimum absolute atomic E-state index is 0.201. The SMILES string of the molecule is COc1cccc([C@H]2C3=C(Nc4ncnn42)c2ccccc2O[C@@H]3c2ccc(SC)cc2)c1. The fraction of sp³-hybridized carbons (Fsp3) is 0.154. The van der Waals surface area contributed by atoms with Crippen LogP contribution in [-0.4, -0.2) is 28.1 Å². The zero-order valence-electron chi connectivity index (χ0n) is 18.2. The number of anilines is 1. The zero-order chi connectivity index (χ0) is 22.4. The number of nitrogens with one attached hydrogen (secondary N) is 1. The van der Waals surface area contributed by atoms with Crippen LogP contribution in [0.1, 0.15) is 28.8 Å². The van der Waals surface area contributed by atoms with Crippen molar-refractivity contribution < 1.29 is 9.47 Å². The van der Waals surface area contributed by atoms with Crippen LogP contribution in [0.4, 0.5) is 5.95 Å². The highest BCUT2D eigenvalue weighted by Gasteiger charge is 2.40. The lowest BCUT2D eigenvalue weighted by Gasteiger charge is -2.39. The number of fused-ring (bicyclic) bond motifs is 3. The molecule has 4 aromatic rings. The predicted octanol–water partition coefficient (Wildman–Crippen LogP) is 5.57. The van der Waals surface area contributed by atoms with Gasteiger partial charge in [0.15, 0.2) is 0 Å². The Morgan fingerprint density at radius 1 is 1.00 bits per heavy atom. The zero-order valence-corrected chi connectivity index (χ0v) is 19.0. The minimum Gasteiger partial charge on any atom is -0.497 e. The second-order valence-corrected chi connectivity index (χ2v) is 8.81. The Balaban J connectivity index is 1.60. The summed E-state index contributed by atoms with van der Waals surface area (Å²) in [5.74, 6) is 2.35. The molecule has 164 valence electrons. The molecule has 2 atom stereocenters. The normalized spacial score (nSPS) is 18.5. The molecule has 3 heterocycles. The minimum atomic E-state index is -0.285. The van der Waals surface area contributed by atoms with Crippen LogP contribution in [0.3, 0.4) is 0 Å². The molecular weight excluding hydrogens is 432 g/mol. The number of rotatable bonds is 4. The molecule has 0 fully saturated rings. The number of benzene rings is 3. The number of aromatic nitrogens is 3. The summed E-state index contributed by atoms with van der Waals surface area (Å²) in [6.07, 6.45) is 3.38. The summed E-state index contributed by atoms with van der Waals surface area (Å²) < 4.78 is 14.1. The molecule has 1 aromatic heterocycles. The Bertz CT molecular complexity index is 1360. The van der Waals surface area contributed by atoms with Crippen molar-refractivity contribution in [3.63, 3.8) is 0 Å². The number of methoxy groups -OCH3 is 1. The van der Waals surface area contributed by atoms with Crippen molar-refractivity contribution in [1.82, 2.24) is 14.8 Å². The van der Waals surface area contributed by atoms with Gasteiger partial charge in [-0.15, -0.1) is 11.8 Å². The van der Waals surface area contributed by atoms with E-state index in [-0.39, 0.29) is 12.1 Å². The van der Waals surface area contributed by atoms with Crippen LogP contribution < -0.4 is 14.8 Å². The summed E-state index contributed by atoms with van der Waals surface area (Å²) in [5.41, 5.74) is 5.28. The van der Waals surface area contributed by atoms with Gasteiger partial charge in [0.1, 0.15) is 30.0 Å². The maximum absolute atomic E-state index is 6.66. The molecular formula is C26H22N4O2S. The first kappa shape index (κ1) is 19.9. The summed E-state index contributed by atoms with van der Waals surface area (Å²) in [6, 6.07) is 24.6.